The second-order valence-electron chi connectivity index (χ2n) is 15.9. The van der Waals surface area contributed by atoms with E-state index in [2.05, 4.69) is 49.9 Å². The highest BCUT2D eigenvalue weighted by molar-refractivity contribution is 5.64. The molecule has 0 saturated heterocycles. The molecule has 1 unspecified atom stereocenters. The molecule has 1 amide bonds. The predicted octanol–water partition coefficient (Wildman–Crippen LogP) is 6.86. The van der Waals surface area contributed by atoms with Crippen molar-refractivity contribution in [1.82, 2.24) is 15.3 Å². The number of nitrogens with zero attached hydrogens (tertiary/aromatic N) is 1. The summed E-state index contributed by atoms with van der Waals surface area (Å²) in [5.41, 5.74) is 5.85. The van der Waals surface area contributed by atoms with E-state index in [1.165, 1.54) is 44.9 Å². The lowest BCUT2D eigenvalue weighted by molar-refractivity contribution is -0.228. The van der Waals surface area contributed by atoms with Crippen LogP contribution in [0, 0.1) is 52.3 Å². The molecule has 1 heterocycles. The topological polar surface area (TPSA) is 113 Å². The van der Waals surface area contributed by atoms with Gasteiger partial charge in [0, 0.05) is 30.6 Å². The summed E-state index contributed by atoms with van der Waals surface area (Å²) in [5, 5.41) is 16.8. The number of primary amides is 1. The van der Waals surface area contributed by atoms with Crippen molar-refractivity contribution < 1.29 is 14.6 Å². The Kier molecular flexibility index (Phi) is 9.69. The molecular formula is C35H60N4O3. The zero-order valence-electron chi connectivity index (χ0n) is 27.2. The van der Waals surface area contributed by atoms with Crippen molar-refractivity contribution in [2.75, 3.05) is 13.2 Å². The van der Waals surface area contributed by atoms with E-state index in [1.807, 2.05) is 6.20 Å². The highest BCUT2D eigenvalue weighted by atomic mass is 16.5. The number of carbonyl (C=O) groups excluding carboxylic acids is 1. The molecule has 5 N–H and O–H groups in total. The van der Waals surface area contributed by atoms with Crippen LogP contribution in [0.2, 0.25) is 0 Å². The van der Waals surface area contributed by atoms with Crippen LogP contribution in [0.3, 0.4) is 0 Å². The molecule has 5 rings (SSSR count). The van der Waals surface area contributed by atoms with Crippen LogP contribution < -0.4 is 11.1 Å². The van der Waals surface area contributed by atoms with Crippen LogP contribution in [-0.2, 0) is 11.2 Å². The Hall–Kier alpha value is -1.60. The summed E-state index contributed by atoms with van der Waals surface area (Å²) >= 11 is 0. The molecule has 1 aromatic rings. The molecule has 7 heteroatoms. The summed E-state index contributed by atoms with van der Waals surface area (Å²) in [6.07, 6.45) is 18.0. The maximum Gasteiger partial charge on any atom is 0.404 e. The smallest absolute Gasteiger partial charge is 0.404 e. The molecule has 10 atom stereocenters. The summed E-state index contributed by atoms with van der Waals surface area (Å²) in [5.74, 6) is 4.76. The Balaban J connectivity index is 1.35. The van der Waals surface area contributed by atoms with Gasteiger partial charge in [-0.25, -0.2) is 9.78 Å². The molecule has 0 aliphatic heterocycles. The van der Waals surface area contributed by atoms with E-state index >= 15 is 0 Å². The number of ether oxygens (including phenoxy) is 1. The number of hydrogen-bond donors (Lipinski definition) is 4. The number of hydrogen-bond acceptors (Lipinski definition) is 5. The monoisotopic (exact) mass is 584 g/mol. The van der Waals surface area contributed by atoms with Crippen LogP contribution in [0.1, 0.15) is 117 Å². The summed E-state index contributed by atoms with van der Waals surface area (Å²) in [7, 11) is 0. The second kappa shape index (κ2) is 12.8. The van der Waals surface area contributed by atoms with E-state index in [4.69, 9.17) is 10.5 Å². The number of nitrogens with one attached hydrogen (secondary N) is 2. The third-order valence-corrected chi connectivity index (χ3v) is 13.3. The van der Waals surface area contributed by atoms with Crippen LogP contribution >= 0.6 is 0 Å². The first-order valence-electron chi connectivity index (χ1n) is 17.3. The van der Waals surface area contributed by atoms with Gasteiger partial charge in [-0.2, -0.15) is 0 Å². The van der Waals surface area contributed by atoms with Crippen molar-refractivity contribution in [2.45, 2.75) is 130 Å². The van der Waals surface area contributed by atoms with Crippen LogP contribution in [-0.4, -0.2) is 46.0 Å². The van der Waals surface area contributed by atoms with Crippen molar-refractivity contribution in [2.24, 2.45) is 58.0 Å². The molecule has 7 nitrogen and oxygen atoms in total. The SMILES string of the molecule is CC(C)CCCC(C)[C@H]1CC[C@H]2[C@@H]3C[C@@H](NCCc4c[nH]cn4)[C@@]4(O)C[C@@H](CCOC(N)=O)CC[C@]4(C)[C@H]3CC[C@]12C. The Labute approximate surface area is 254 Å². The number of fused-ring (bicyclic) bond motifs is 5. The van der Waals surface area contributed by atoms with Gasteiger partial charge in [0.1, 0.15) is 0 Å². The fourth-order valence-corrected chi connectivity index (χ4v) is 11.1. The predicted molar refractivity (Wildman–Crippen MR) is 168 cm³/mol. The normalized spacial score (nSPS) is 40.3. The minimum atomic E-state index is -0.773. The number of carbonyl (C=O) groups is 1. The Morgan fingerprint density at radius 3 is 2.69 bits per heavy atom. The average molecular weight is 585 g/mol. The lowest BCUT2D eigenvalue weighted by Gasteiger charge is -2.67. The fourth-order valence-electron chi connectivity index (χ4n) is 11.1. The summed E-state index contributed by atoms with van der Waals surface area (Å²) in [6.45, 7) is 13.5. The number of aromatic amines is 1. The van der Waals surface area contributed by atoms with Crippen molar-refractivity contribution in [3.8, 4) is 0 Å². The molecule has 42 heavy (non-hydrogen) atoms. The van der Waals surface area contributed by atoms with Crippen LogP contribution in [0.4, 0.5) is 4.79 Å². The first-order valence-corrected chi connectivity index (χ1v) is 17.3. The van der Waals surface area contributed by atoms with E-state index in [0.717, 1.165) is 74.4 Å². The number of aromatic nitrogens is 2. The lowest BCUT2D eigenvalue weighted by atomic mass is 9.41. The third-order valence-electron chi connectivity index (χ3n) is 13.3. The average Bonchev–Trinajstić information content (AvgIpc) is 3.57. The zero-order chi connectivity index (χ0) is 30.1. The molecule has 0 aromatic carbocycles. The quantitative estimate of drug-likeness (QED) is 0.214. The zero-order valence-corrected chi connectivity index (χ0v) is 27.2. The van der Waals surface area contributed by atoms with Gasteiger partial charge in [0.05, 0.1) is 24.2 Å². The first-order chi connectivity index (χ1) is 20.0. The van der Waals surface area contributed by atoms with Gasteiger partial charge in [-0.15, -0.1) is 0 Å². The highest BCUT2D eigenvalue weighted by Gasteiger charge is 2.67. The third kappa shape index (κ3) is 6.03. The van der Waals surface area contributed by atoms with Gasteiger partial charge in [0.25, 0.3) is 0 Å². The van der Waals surface area contributed by atoms with E-state index in [-0.39, 0.29) is 11.5 Å². The number of nitrogens with two attached hydrogens (primary N) is 1. The van der Waals surface area contributed by atoms with Gasteiger partial charge in [0.15, 0.2) is 0 Å². The van der Waals surface area contributed by atoms with Crippen LogP contribution in [0.25, 0.3) is 0 Å². The molecule has 0 spiro atoms. The number of rotatable bonds is 12. The second-order valence-corrected chi connectivity index (χ2v) is 15.9. The van der Waals surface area contributed by atoms with Crippen molar-refractivity contribution in [3.05, 3.63) is 18.2 Å². The largest absolute Gasteiger partial charge is 0.450 e. The van der Waals surface area contributed by atoms with Gasteiger partial charge in [-0.3, -0.25) is 0 Å². The molecule has 1 aromatic heterocycles. The van der Waals surface area contributed by atoms with Gasteiger partial charge in [-0.1, -0.05) is 53.9 Å². The molecule has 0 radical (unpaired) electrons. The number of imidazole rings is 1. The highest BCUT2D eigenvalue weighted by Crippen LogP contribution is 2.69. The fraction of sp³-hybridized carbons (Fsp3) is 0.886. The number of amides is 1. The summed E-state index contributed by atoms with van der Waals surface area (Å²) in [6, 6.07) is 0.0624. The van der Waals surface area contributed by atoms with Gasteiger partial charge >= 0.3 is 6.09 Å². The molecular weight excluding hydrogens is 524 g/mol. The van der Waals surface area contributed by atoms with E-state index in [9.17, 15) is 9.90 Å². The van der Waals surface area contributed by atoms with Crippen LogP contribution in [0.5, 0.6) is 0 Å². The number of H-pyrrole nitrogens is 1. The Bertz CT molecular complexity index is 1030. The van der Waals surface area contributed by atoms with Crippen molar-refractivity contribution in [3.63, 3.8) is 0 Å². The molecule has 4 saturated carbocycles. The Morgan fingerprint density at radius 2 is 1.98 bits per heavy atom. The summed E-state index contributed by atoms with van der Waals surface area (Å²) in [4.78, 5) is 18.7. The lowest BCUT2D eigenvalue weighted by Crippen LogP contribution is -2.71. The minimum Gasteiger partial charge on any atom is -0.450 e. The standard InChI is InChI=1S/C35H60N4O3/c1-23(2)7-6-8-24(3)28-9-10-29-27-19-31(38-17-13-26-21-37-22-39-26)35(41)20-25(14-18-42-32(36)40)11-16-34(35,5)30(27)12-15-33(28,29)4/h21-25,27-31,38,41H,6-20H2,1-5H3,(H2,36,40)(H,37,39)/t24?,25-,27+,28-,29+,30+,31-,33-,34-,35+/m1/s1. The molecule has 4 fully saturated rings. The van der Waals surface area contributed by atoms with Gasteiger partial charge in [0.2, 0.25) is 0 Å². The first kappa shape index (κ1) is 31.8. The van der Waals surface area contributed by atoms with Crippen LogP contribution in [0.15, 0.2) is 12.5 Å². The van der Waals surface area contributed by atoms with E-state index in [0.29, 0.717) is 29.8 Å². The molecule has 4 aliphatic carbocycles. The Morgan fingerprint density at radius 1 is 1.17 bits per heavy atom. The molecule has 0 bridgehead atoms. The maximum absolute atomic E-state index is 12.9. The molecule has 238 valence electrons. The van der Waals surface area contributed by atoms with E-state index in [1.54, 1.807) is 6.33 Å². The summed E-state index contributed by atoms with van der Waals surface area (Å²) < 4.78 is 5.11. The van der Waals surface area contributed by atoms with Gasteiger partial charge in [-0.05, 0) is 105 Å². The van der Waals surface area contributed by atoms with Gasteiger partial charge < -0.3 is 25.9 Å². The number of aliphatic hydroxyl groups is 1. The van der Waals surface area contributed by atoms with E-state index < -0.39 is 11.7 Å². The van der Waals surface area contributed by atoms with Crippen molar-refractivity contribution >= 4 is 6.09 Å². The molecule has 4 aliphatic rings. The minimum absolute atomic E-state index is 0.0624. The van der Waals surface area contributed by atoms with Crippen molar-refractivity contribution in [1.29, 1.82) is 0 Å². The maximum atomic E-state index is 12.9.